The van der Waals surface area contributed by atoms with Gasteiger partial charge in [-0.2, -0.15) is 4.73 Å². The Morgan fingerprint density at radius 1 is 1.24 bits per heavy atom. The van der Waals surface area contributed by atoms with Gasteiger partial charge >= 0.3 is 6.09 Å². The van der Waals surface area contributed by atoms with Gasteiger partial charge in [0.1, 0.15) is 17.8 Å². The van der Waals surface area contributed by atoms with Crippen LogP contribution in [0.2, 0.25) is 0 Å². The maximum absolute atomic E-state index is 13.0. The number of hydrogen-bond acceptors (Lipinski definition) is 4. The Morgan fingerprint density at radius 2 is 1.95 bits per heavy atom. The molecular formula is C14H15FN4O2. The predicted octanol–water partition coefficient (Wildman–Crippen LogP) is 1.14. The highest BCUT2D eigenvalue weighted by Gasteiger charge is 2.19. The SMILES string of the molecule is O=C(On1cncc1-c1ccc(F)cc1)N1CCNCC1. The summed E-state index contributed by atoms with van der Waals surface area (Å²) in [6, 6.07) is 5.93. The molecule has 6 nitrogen and oxygen atoms in total. The summed E-state index contributed by atoms with van der Waals surface area (Å²) in [7, 11) is 0. The Balaban J connectivity index is 1.76. The van der Waals surface area contributed by atoms with E-state index in [0.29, 0.717) is 18.8 Å². The van der Waals surface area contributed by atoms with Crippen LogP contribution in [0.15, 0.2) is 36.8 Å². The molecule has 1 N–H and O–H groups in total. The smallest absolute Gasteiger partial charge is 0.315 e. The highest BCUT2D eigenvalue weighted by atomic mass is 19.1. The number of halogens is 1. The molecule has 0 saturated carbocycles. The number of rotatable bonds is 2. The van der Waals surface area contributed by atoms with E-state index >= 15 is 0 Å². The number of hydrogen-bond donors (Lipinski definition) is 1. The molecule has 1 aliphatic heterocycles. The van der Waals surface area contributed by atoms with Crippen molar-refractivity contribution in [2.45, 2.75) is 0 Å². The number of carbonyl (C=O) groups is 1. The molecule has 0 spiro atoms. The normalized spacial score (nSPS) is 15.0. The molecule has 21 heavy (non-hydrogen) atoms. The van der Waals surface area contributed by atoms with Gasteiger partial charge in [0.05, 0.1) is 6.20 Å². The maximum Gasteiger partial charge on any atom is 0.434 e. The number of amides is 1. The van der Waals surface area contributed by atoms with Crippen LogP contribution >= 0.6 is 0 Å². The highest BCUT2D eigenvalue weighted by Crippen LogP contribution is 2.18. The van der Waals surface area contributed by atoms with Crippen molar-refractivity contribution < 1.29 is 14.0 Å². The Hall–Kier alpha value is -2.41. The van der Waals surface area contributed by atoms with Gasteiger partial charge in [-0.1, -0.05) is 0 Å². The number of piperazine rings is 1. The molecule has 0 unspecified atom stereocenters. The number of nitrogens with zero attached hydrogens (tertiary/aromatic N) is 3. The Labute approximate surface area is 121 Å². The summed E-state index contributed by atoms with van der Waals surface area (Å²) in [5, 5.41) is 3.17. The zero-order chi connectivity index (χ0) is 14.7. The van der Waals surface area contributed by atoms with Crippen LogP contribution in [0.1, 0.15) is 0 Å². The molecule has 1 aromatic heterocycles. The van der Waals surface area contributed by atoms with Crippen LogP contribution in [-0.2, 0) is 0 Å². The van der Waals surface area contributed by atoms with Crippen molar-refractivity contribution >= 4 is 6.09 Å². The average Bonchev–Trinajstić information content (AvgIpc) is 2.97. The summed E-state index contributed by atoms with van der Waals surface area (Å²) in [5.74, 6) is -0.317. The van der Waals surface area contributed by atoms with Gasteiger partial charge < -0.3 is 15.1 Å². The van der Waals surface area contributed by atoms with Crippen molar-refractivity contribution in [3.05, 3.63) is 42.6 Å². The van der Waals surface area contributed by atoms with Crippen LogP contribution in [0.5, 0.6) is 0 Å². The van der Waals surface area contributed by atoms with E-state index < -0.39 is 6.09 Å². The standard InChI is InChI=1S/C14H15FN4O2/c15-12-3-1-11(2-4-12)13-9-17-10-19(13)21-14(20)18-7-5-16-6-8-18/h1-4,9-10,16H,5-8H2. The van der Waals surface area contributed by atoms with E-state index in [-0.39, 0.29) is 5.82 Å². The summed E-state index contributed by atoms with van der Waals surface area (Å²) in [6.07, 6.45) is 2.56. The molecule has 1 aromatic carbocycles. The van der Waals surface area contributed by atoms with Crippen molar-refractivity contribution in [3.63, 3.8) is 0 Å². The number of aromatic nitrogens is 2. The molecule has 1 aliphatic rings. The molecule has 1 saturated heterocycles. The van der Waals surface area contributed by atoms with E-state index in [1.54, 1.807) is 23.2 Å². The molecule has 7 heteroatoms. The van der Waals surface area contributed by atoms with E-state index in [1.165, 1.54) is 23.2 Å². The van der Waals surface area contributed by atoms with Gasteiger partial charge in [0.2, 0.25) is 0 Å². The first-order chi connectivity index (χ1) is 10.2. The first-order valence-electron chi connectivity index (χ1n) is 6.70. The van der Waals surface area contributed by atoms with Crippen molar-refractivity contribution in [2.24, 2.45) is 0 Å². The average molecular weight is 290 g/mol. The lowest BCUT2D eigenvalue weighted by molar-refractivity contribution is 0.0895. The van der Waals surface area contributed by atoms with Crippen molar-refractivity contribution in [2.75, 3.05) is 26.2 Å². The minimum absolute atomic E-state index is 0.317. The highest BCUT2D eigenvalue weighted by molar-refractivity contribution is 5.69. The Bertz CT molecular complexity index is 620. The molecular weight excluding hydrogens is 275 g/mol. The second kappa shape index (κ2) is 5.92. The Morgan fingerprint density at radius 3 is 2.67 bits per heavy atom. The van der Waals surface area contributed by atoms with Gasteiger partial charge in [0.15, 0.2) is 0 Å². The molecule has 3 rings (SSSR count). The second-order valence-electron chi connectivity index (χ2n) is 4.71. The van der Waals surface area contributed by atoms with Crippen LogP contribution in [0.3, 0.4) is 0 Å². The summed E-state index contributed by atoms with van der Waals surface area (Å²) in [6.45, 7) is 2.73. The number of imidazole rings is 1. The van der Waals surface area contributed by atoms with Crippen molar-refractivity contribution in [1.29, 1.82) is 0 Å². The zero-order valence-corrected chi connectivity index (χ0v) is 11.3. The monoisotopic (exact) mass is 290 g/mol. The van der Waals surface area contributed by atoms with Gasteiger partial charge in [0, 0.05) is 31.7 Å². The van der Waals surface area contributed by atoms with E-state index in [9.17, 15) is 9.18 Å². The maximum atomic E-state index is 13.0. The van der Waals surface area contributed by atoms with E-state index in [1.807, 2.05) is 0 Å². The molecule has 2 aromatic rings. The summed E-state index contributed by atoms with van der Waals surface area (Å²) >= 11 is 0. The van der Waals surface area contributed by atoms with Gasteiger partial charge in [-0.3, -0.25) is 0 Å². The topological polar surface area (TPSA) is 59.4 Å². The van der Waals surface area contributed by atoms with Crippen LogP contribution in [-0.4, -0.2) is 46.9 Å². The van der Waals surface area contributed by atoms with Crippen molar-refractivity contribution in [3.8, 4) is 11.3 Å². The lowest BCUT2D eigenvalue weighted by Crippen LogP contribution is -2.48. The van der Waals surface area contributed by atoms with Crippen molar-refractivity contribution in [1.82, 2.24) is 19.9 Å². The minimum atomic E-state index is -0.419. The number of benzene rings is 1. The molecule has 1 amide bonds. The van der Waals surface area contributed by atoms with Crippen LogP contribution in [0.25, 0.3) is 11.3 Å². The second-order valence-corrected chi connectivity index (χ2v) is 4.71. The molecule has 0 atom stereocenters. The predicted molar refractivity (Wildman–Crippen MR) is 74.0 cm³/mol. The molecule has 0 bridgehead atoms. The largest absolute Gasteiger partial charge is 0.434 e. The van der Waals surface area contributed by atoms with Crippen LogP contribution < -0.4 is 10.2 Å². The third kappa shape index (κ3) is 3.03. The fourth-order valence-electron chi connectivity index (χ4n) is 2.17. The molecule has 0 radical (unpaired) electrons. The first kappa shape index (κ1) is 13.6. The Kier molecular flexibility index (Phi) is 3.83. The minimum Gasteiger partial charge on any atom is -0.315 e. The summed E-state index contributed by atoms with van der Waals surface area (Å²) in [5.41, 5.74) is 1.32. The van der Waals surface area contributed by atoms with Gasteiger partial charge in [0.25, 0.3) is 0 Å². The zero-order valence-electron chi connectivity index (χ0n) is 11.3. The molecule has 110 valence electrons. The fraction of sp³-hybridized carbons (Fsp3) is 0.286. The molecule has 1 fully saturated rings. The van der Waals surface area contributed by atoms with E-state index in [2.05, 4.69) is 10.3 Å². The first-order valence-corrected chi connectivity index (χ1v) is 6.70. The lowest BCUT2D eigenvalue weighted by Gasteiger charge is -2.26. The van der Waals surface area contributed by atoms with E-state index in [0.717, 1.165) is 18.7 Å². The third-order valence-corrected chi connectivity index (χ3v) is 3.30. The number of nitrogens with one attached hydrogen (secondary N) is 1. The summed E-state index contributed by atoms with van der Waals surface area (Å²) < 4.78 is 14.3. The van der Waals surface area contributed by atoms with Gasteiger partial charge in [-0.15, -0.1) is 0 Å². The molecule has 0 aliphatic carbocycles. The van der Waals surface area contributed by atoms with Crippen LogP contribution in [0, 0.1) is 5.82 Å². The summed E-state index contributed by atoms with van der Waals surface area (Å²) in [4.78, 5) is 23.0. The van der Waals surface area contributed by atoms with E-state index in [4.69, 9.17) is 4.84 Å². The fourth-order valence-corrected chi connectivity index (χ4v) is 2.17. The molecule has 2 heterocycles. The van der Waals surface area contributed by atoms with Gasteiger partial charge in [-0.05, 0) is 24.3 Å². The van der Waals surface area contributed by atoms with Gasteiger partial charge in [-0.25, -0.2) is 14.2 Å². The van der Waals surface area contributed by atoms with Crippen LogP contribution in [0.4, 0.5) is 9.18 Å². The number of carbonyl (C=O) groups excluding carboxylic acids is 1. The third-order valence-electron chi connectivity index (χ3n) is 3.30. The quantitative estimate of drug-likeness (QED) is 0.901. The lowest BCUT2D eigenvalue weighted by atomic mass is 10.2.